The van der Waals surface area contributed by atoms with Crippen molar-refractivity contribution in [3.05, 3.63) is 23.3 Å². The van der Waals surface area contributed by atoms with E-state index in [4.69, 9.17) is 10.9 Å². The number of sulfonamides is 1. The molecular weight excluding hydrogens is 326 g/mol. The van der Waals surface area contributed by atoms with E-state index < -0.39 is 10.0 Å². The average molecular weight is 353 g/mol. The van der Waals surface area contributed by atoms with Crippen LogP contribution in [0.2, 0.25) is 0 Å². The Morgan fingerprint density at radius 3 is 2.38 bits per heavy atom. The zero-order valence-electron chi connectivity index (χ0n) is 14.4. The molecule has 0 saturated heterocycles. The van der Waals surface area contributed by atoms with Crippen molar-refractivity contribution in [2.45, 2.75) is 57.3 Å². The molecule has 1 aliphatic carbocycles. The highest BCUT2D eigenvalue weighted by Crippen LogP contribution is 2.38. The van der Waals surface area contributed by atoms with Gasteiger partial charge in [0.25, 0.3) is 0 Å². The first-order valence-electron chi connectivity index (χ1n) is 8.31. The van der Waals surface area contributed by atoms with Gasteiger partial charge >= 0.3 is 0 Å². The fourth-order valence-corrected chi connectivity index (χ4v) is 4.03. The highest BCUT2D eigenvalue weighted by atomic mass is 32.2. The van der Waals surface area contributed by atoms with Crippen molar-refractivity contribution < 1.29 is 13.2 Å². The number of carbonyl (C=O) groups excluding carboxylic acids is 1. The summed E-state index contributed by atoms with van der Waals surface area (Å²) in [7, 11) is -3.82. The molecule has 1 fully saturated rings. The molecule has 0 aromatic heterocycles. The van der Waals surface area contributed by atoms with Gasteiger partial charge in [0, 0.05) is 12.1 Å². The third-order valence-corrected chi connectivity index (χ3v) is 6.02. The standard InChI is InChI=1S/C17H27N3O3S/c1-12-8-14(24(19,22)23)9-15(13(12)2)20-16(21)10-17(11-18)6-4-3-5-7-17/h8-9H,3-7,10-11,18H2,1-2H3,(H,20,21)(H2,19,22,23). The summed E-state index contributed by atoms with van der Waals surface area (Å²) in [6.45, 7) is 4.13. The van der Waals surface area contributed by atoms with Gasteiger partial charge in [0.05, 0.1) is 4.90 Å². The molecule has 2 rings (SSSR count). The molecule has 0 spiro atoms. The molecule has 1 saturated carbocycles. The Morgan fingerprint density at radius 1 is 1.21 bits per heavy atom. The lowest BCUT2D eigenvalue weighted by molar-refractivity contribution is -0.118. The van der Waals surface area contributed by atoms with Crippen LogP contribution in [0, 0.1) is 19.3 Å². The summed E-state index contributed by atoms with van der Waals surface area (Å²) < 4.78 is 23.2. The van der Waals surface area contributed by atoms with Gasteiger partial charge in [0.2, 0.25) is 15.9 Å². The minimum absolute atomic E-state index is 0.00658. The fraction of sp³-hybridized carbons (Fsp3) is 0.588. The van der Waals surface area contributed by atoms with E-state index >= 15 is 0 Å². The van der Waals surface area contributed by atoms with Crippen molar-refractivity contribution in [2.75, 3.05) is 11.9 Å². The molecule has 0 bridgehead atoms. The molecule has 1 aromatic rings. The van der Waals surface area contributed by atoms with Crippen LogP contribution in [-0.2, 0) is 14.8 Å². The van der Waals surface area contributed by atoms with Crippen LogP contribution in [0.4, 0.5) is 5.69 Å². The summed E-state index contributed by atoms with van der Waals surface area (Å²) in [5.74, 6) is -0.128. The smallest absolute Gasteiger partial charge is 0.238 e. The summed E-state index contributed by atoms with van der Waals surface area (Å²) >= 11 is 0. The van der Waals surface area contributed by atoms with Crippen LogP contribution in [0.25, 0.3) is 0 Å². The molecule has 0 radical (unpaired) electrons. The van der Waals surface area contributed by atoms with E-state index in [2.05, 4.69) is 5.32 Å². The molecule has 0 heterocycles. The number of aryl methyl sites for hydroxylation is 1. The number of nitrogens with two attached hydrogens (primary N) is 2. The van der Waals surface area contributed by atoms with E-state index in [1.165, 1.54) is 18.6 Å². The zero-order chi connectivity index (χ0) is 18.0. The van der Waals surface area contributed by atoms with E-state index in [-0.39, 0.29) is 16.2 Å². The summed E-state index contributed by atoms with van der Waals surface area (Å²) in [6.07, 6.45) is 5.69. The van der Waals surface area contributed by atoms with Gasteiger partial charge in [0.15, 0.2) is 0 Å². The van der Waals surface area contributed by atoms with E-state index in [0.29, 0.717) is 18.7 Å². The van der Waals surface area contributed by atoms with Crippen molar-refractivity contribution >= 4 is 21.6 Å². The highest BCUT2D eigenvalue weighted by molar-refractivity contribution is 7.89. The molecule has 5 N–H and O–H groups in total. The van der Waals surface area contributed by atoms with Crippen molar-refractivity contribution in [3.63, 3.8) is 0 Å². The second-order valence-electron chi connectivity index (χ2n) is 6.95. The van der Waals surface area contributed by atoms with Gasteiger partial charge < -0.3 is 11.1 Å². The molecule has 1 aliphatic rings. The van der Waals surface area contributed by atoms with Crippen molar-refractivity contribution in [1.82, 2.24) is 0 Å². The SMILES string of the molecule is Cc1cc(S(N)(=O)=O)cc(NC(=O)CC2(CN)CCCCC2)c1C. The lowest BCUT2D eigenvalue weighted by Gasteiger charge is -2.35. The van der Waals surface area contributed by atoms with Crippen LogP contribution in [-0.4, -0.2) is 20.9 Å². The van der Waals surface area contributed by atoms with Gasteiger partial charge in [-0.05, 0) is 61.9 Å². The molecule has 0 aliphatic heterocycles. The van der Waals surface area contributed by atoms with Crippen molar-refractivity contribution in [1.29, 1.82) is 0 Å². The second kappa shape index (κ2) is 7.21. The molecule has 7 heteroatoms. The monoisotopic (exact) mass is 353 g/mol. The summed E-state index contributed by atoms with van der Waals surface area (Å²) in [5, 5.41) is 8.07. The summed E-state index contributed by atoms with van der Waals surface area (Å²) in [5.41, 5.74) is 7.90. The Hall–Kier alpha value is -1.44. The Morgan fingerprint density at radius 2 is 1.83 bits per heavy atom. The minimum atomic E-state index is -3.82. The Balaban J connectivity index is 2.21. The van der Waals surface area contributed by atoms with Crippen LogP contribution >= 0.6 is 0 Å². The van der Waals surface area contributed by atoms with Crippen LogP contribution in [0.3, 0.4) is 0 Å². The number of anilines is 1. The van der Waals surface area contributed by atoms with E-state index in [0.717, 1.165) is 36.8 Å². The second-order valence-corrected chi connectivity index (χ2v) is 8.51. The number of nitrogens with one attached hydrogen (secondary N) is 1. The number of rotatable bonds is 5. The largest absolute Gasteiger partial charge is 0.330 e. The number of amides is 1. The quantitative estimate of drug-likeness (QED) is 0.752. The number of benzene rings is 1. The molecule has 1 aromatic carbocycles. The van der Waals surface area contributed by atoms with Crippen LogP contribution in [0.15, 0.2) is 17.0 Å². The van der Waals surface area contributed by atoms with Crippen LogP contribution in [0.1, 0.15) is 49.7 Å². The zero-order valence-corrected chi connectivity index (χ0v) is 15.2. The number of primary sulfonamides is 1. The number of hydrogen-bond acceptors (Lipinski definition) is 4. The molecule has 134 valence electrons. The lowest BCUT2D eigenvalue weighted by atomic mass is 9.71. The van der Waals surface area contributed by atoms with Gasteiger partial charge in [-0.25, -0.2) is 13.6 Å². The van der Waals surface area contributed by atoms with E-state index in [9.17, 15) is 13.2 Å². The first-order chi connectivity index (χ1) is 11.2. The number of hydrogen-bond donors (Lipinski definition) is 3. The Labute approximate surface area is 144 Å². The van der Waals surface area contributed by atoms with Gasteiger partial charge in [-0.15, -0.1) is 0 Å². The molecule has 1 amide bonds. The topological polar surface area (TPSA) is 115 Å². The molecule has 24 heavy (non-hydrogen) atoms. The first kappa shape index (κ1) is 18.9. The van der Waals surface area contributed by atoms with Crippen molar-refractivity contribution in [2.24, 2.45) is 16.3 Å². The van der Waals surface area contributed by atoms with Gasteiger partial charge in [-0.2, -0.15) is 0 Å². The minimum Gasteiger partial charge on any atom is -0.330 e. The first-order valence-corrected chi connectivity index (χ1v) is 9.85. The van der Waals surface area contributed by atoms with Gasteiger partial charge in [-0.3, -0.25) is 4.79 Å². The predicted molar refractivity (Wildman–Crippen MR) is 95.1 cm³/mol. The molecule has 0 unspecified atom stereocenters. The molecular formula is C17H27N3O3S. The number of carbonyl (C=O) groups is 1. The third-order valence-electron chi connectivity index (χ3n) is 5.13. The van der Waals surface area contributed by atoms with Crippen molar-refractivity contribution in [3.8, 4) is 0 Å². The maximum absolute atomic E-state index is 12.5. The summed E-state index contributed by atoms with van der Waals surface area (Å²) in [6, 6.07) is 2.94. The highest BCUT2D eigenvalue weighted by Gasteiger charge is 2.33. The molecule has 6 nitrogen and oxygen atoms in total. The van der Waals surface area contributed by atoms with Crippen LogP contribution < -0.4 is 16.2 Å². The third kappa shape index (κ3) is 4.34. The molecule has 0 atom stereocenters. The Bertz CT molecular complexity index is 723. The summed E-state index contributed by atoms with van der Waals surface area (Å²) in [4.78, 5) is 12.5. The van der Waals surface area contributed by atoms with Gasteiger partial charge in [0.1, 0.15) is 0 Å². The average Bonchev–Trinajstić information content (AvgIpc) is 2.51. The van der Waals surface area contributed by atoms with E-state index in [1.807, 2.05) is 6.92 Å². The normalized spacial score (nSPS) is 17.5. The van der Waals surface area contributed by atoms with Gasteiger partial charge in [-0.1, -0.05) is 19.3 Å². The maximum atomic E-state index is 12.5. The lowest BCUT2D eigenvalue weighted by Crippen LogP contribution is -2.36. The van der Waals surface area contributed by atoms with Crippen LogP contribution in [0.5, 0.6) is 0 Å². The fourth-order valence-electron chi connectivity index (χ4n) is 3.41. The Kier molecular flexibility index (Phi) is 5.67. The predicted octanol–water partition coefficient (Wildman–Crippen LogP) is 2.19. The van der Waals surface area contributed by atoms with E-state index in [1.54, 1.807) is 6.92 Å². The maximum Gasteiger partial charge on any atom is 0.238 e.